The van der Waals surface area contributed by atoms with E-state index in [-0.39, 0.29) is 0 Å². The van der Waals surface area contributed by atoms with Gasteiger partial charge in [0.25, 0.3) is 0 Å². The number of ether oxygens (including phenoxy) is 1. The Morgan fingerprint density at radius 2 is 1.81 bits per heavy atom. The average Bonchev–Trinajstić information content (AvgIpc) is 2.58. The Morgan fingerprint density at radius 1 is 1.19 bits per heavy atom. The van der Waals surface area contributed by atoms with Crippen LogP contribution in [0.25, 0.3) is 5.57 Å². The lowest BCUT2D eigenvalue weighted by molar-refractivity contribution is 0.232. The minimum atomic E-state index is 0.292. The van der Waals surface area contributed by atoms with Gasteiger partial charge in [0.15, 0.2) is 0 Å². The van der Waals surface area contributed by atoms with Gasteiger partial charge >= 0.3 is 0 Å². The summed E-state index contributed by atoms with van der Waals surface area (Å²) in [5, 5.41) is 9.57. The molecule has 0 bridgehead atoms. The minimum absolute atomic E-state index is 0.292. The Hall–Kier alpha value is -2.48. The zero-order chi connectivity index (χ0) is 20.1. The predicted octanol–water partition coefficient (Wildman–Crippen LogP) is 6.96. The van der Waals surface area contributed by atoms with Crippen LogP contribution in [-0.2, 0) is 4.74 Å². The first-order chi connectivity index (χ1) is 12.7. The topological polar surface area (TPSA) is 29.5 Å². The maximum Gasteiger partial charge on any atom is 0.115 e. The van der Waals surface area contributed by atoms with Gasteiger partial charge in [0.1, 0.15) is 18.1 Å². The summed E-state index contributed by atoms with van der Waals surface area (Å²) in [5.74, 6) is 1.69. The van der Waals surface area contributed by atoms with Crippen LogP contribution in [0.1, 0.15) is 53.5 Å². The molecule has 1 aromatic carbocycles. The highest BCUT2D eigenvalue weighted by Crippen LogP contribution is 2.32. The van der Waals surface area contributed by atoms with E-state index < -0.39 is 0 Å². The second kappa shape index (κ2) is 8.94. The molecule has 1 aliphatic heterocycles. The van der Waals surface area contributed by atoms with Gasteiger partial charge in [-0.25, -0.2) is 0 Å². The molecule has 27 heavy (non-hydrogen) atoms. The largest absolute Gasteiger partial charge is 0.508 e. The van der Waals surface area contributed by atoms with E-state index in [1.165, 1.54) is 22.3 Å². The standard InChI is InChI=1S/C25H32O2/c1-16(2)12-23(22-8-10-24(26)11-9-22)14-17(3)13-18(4)25-20(6)19(5)15-27-21(25)7/h8-13,16,26H,4,14-15H2,1-3,5-7H3/b17-13-,23-12+. The van der Waals surface area contributed by atoms with Crippen molar-refractivity contribution in [1.29, 1.82) is 0 Å². The van der Waals surface area contributed by atoms with E-state index in [4.69, 9.17) is 4.74 Å². The summed E-state index contributed by atoms with van der Waals surface area (Å²) in [6.45, 7) is 17.8. The molecule has 0 spiro atoms. The fourth-order valence-electron chi connectivity index (χ4n) is 3.40. The maximum atomic E-state index is 9.57. The number of benzene rings is 1. The summed E-state index contributed by atoms with van der Waals surface area (Å²) in [7, 11) is 0. The lowest BCUT2D eigenvalue weighted by Gasteiger charge is -2.23. The number of phenols is 1. The van der Waals surface area contributed by atoms with Crippen LogP contribution in [-0.4, -0.2) is 11.7 Å². The number of hydrogen-bond donors (Lipinski definition) is 1. The summed E-state index contributed by atoms with van der Waals surface area (Å²) in [5.41, 5.74) is 8.30. The van der Waals surface area contributed by atoms with Gasteiger partial charge in [0, 0.05) is 5.57 Å². The molecule has 0 fully saturated rings. The lowest BCUT2D eigenvalue weighted by atomic mass is 9.90. The monoisotopic (exact) mass is 364 g/mol. The molecule has 1 heterocycles. The van der Waals surface area contributed by atoms with Crippen molar-refractivity contribution in [3.05, 3.63) is 82.2 Å². The third kappa shape index (κ3) is 5.50. The molecule has 2 rings (SSSR count). The van der Waals surface area contributed by atoms with Crippen molar-refractivity contribution < 1.29 is 9.84 Å². The first-order valence-corrected chi connectivity index (χ1v) is 9.56. The Labute approximate surface area is 164 Å². The van der Waals surface area contributed by atoms with Gasteiger partial charge in [0.05, 0.1) is 0 Å². The van der Waals surface area contributed by atoms with Crippen LogP contribution in [0, 0.1) is 5.92 Å². The summed E-state index contributed by atoms with van der Waals surface area (Å²) in [4.78, 5) is 0. The molecular formula is C25H32O2. The number of allylic oxidation sites excluding steroid dienone is 8. The molecular weight excluding hydrogens is 332 g/mol. The molecule has 0 aliphatic carbocycles. The number of rotatable bonds is 6. The van der Waals surface area contributed by atoms with Crippen molar-refractivity contribution in [2.75, 3.05) is 6.61 Å². The molecule has 0 amide bonds. The van der Waals surface area contributed by atoms with Crippen LogP contribution in [0.15, 0.2) is 76.6 Å². The quantitative estimate of drug-likeness (QED) is 0.553. The normalized spacial score (nSPS) is 16.1. The second-order valence-electron chi connectivity index (χ2n) is 7.80. The second-order valence-corrected chi connectivity index (χ2v) is 7.80. The van der Waals surface area contributed by atoms with Crippen LogP contribution >= 0.6 is 0 Å². The van der Waals surface area contributed by atoms with Crippen molar-refractivity contribution in [2.45, 2.75) is 48.0 Å². The first kappa shape index (κ1) is 20.8. The third-order valence-electron chi connectivity index (χ3n) is 4.86. The average molecular weight is 365 g/mol. The highest BCUT2D eigenvalue weighted by molar-refractivity contribution is 5.68. The van der Waals surface area contributed by atoms with E-state index in [1.54, 1.807) is 12.1 Å². The molecule has 0 aromatic heterocycles. The number of hydrogen-bond acceptors (Lipinski definition) is 2. The smallest absolute Gasteiger partial charge is 0.115 e. The fourth-order valence-corrected chi connectivity index (χ4v) is 3.40. The molecule has 0 saturated carbocycles. The van der Waals surface area contributed by atoms with Crippen LogP contribution in [0.2, 0.25) is 0 Å². The van der Waals surface area contributed by atoms with Crippen molar-refractivity contribution in [2.24, 2.45) is 5.92 Å². The van der Waals surface area contributed by atoms with Gasteiger partial charge in [0.2, 0.25) is 0 Å². The van der Waals surface area contributed by atoms with Gasteiger partial charge < -0.3 is 9.84 Å². The van der Waals surface area contributed by atoms with Gasteiger partial charge in [-0.3, -0.25) is 0 Å². The molecule has 1 N–H and O–H groups in total. The van der Waals surface area contributed by atoms with E-state index in [9.17, 15) is 5.11 Å². The highest BCUT2D eigenvalue weighted by atomic mass is 16.5. The SMILES string of the molecule is C=C(/C=C(/C)C/C(=C\C(C)C)c1ccc(O)cc1)C1=C(C)OCC(C)=C1C. The van der Waals surface area contributed by atoms with Gasteiger partial charge in [-0.1, -0.05) is 50.3 Å². The summed E-state index contributed by atoms with van der Waals surface area (Å²) < 4.78 is 5.79. The molecule has 2 nitrogen and oxygen atoms in total. The summed E-state index contributed by atoms with van der Waals surface area (Å²) in [6.07, 6.45) is 5.30. The molecule has 0 atom stereocenters. The van der Waals surface area contributed by atoms with Crippen molar-refractivity contribution in [3.8, 4) is 5.75 Å². The van der Waals surface area contributed by atoms with E-state index in [0.29, 0.717) is 18.3 Å². The van der Waals surface area contributed by atoms with Gasteiger partial charge in [-0.15, -0.1) is 0 Å². The zero-order valence-corrected chi connectivity index (χ0v) is 17.5. The molecule has 144 valence electrons. The third-order valence-corrected chi connectivity index (χ3v) is 4.86. The van der Waals surface area contributed by atoms with E-state index in [2.05, 4.69) is 53.3 Å². The van der Waals surface area contributed by atoms with E-state index in [0.717, 1.165) is 28.9 Å². The lowest BCUT2D eigenvalue weighted by Crippen LogP contribution is -2.09. The Bertz CT molecular complexity index is 828. The molecule has 1 aromatic rings. The van der Waals surface area contributed by atoms with Crippen molar-refractivity contribution in [1.82, 2.24) is 0 Å². The fraction of sp³-hybridized carbons (Fsp3) is 0.360. The molecule has 0 unspecified atom stereocenters. The van der Waals surface area contributed by atoms with Gasteiger partial charge in [-0.05, 0) is 80.0 Å². The van der Waals surface area contributed by atoms with Crippen LogP contribution < -0.4 is 0 Å². The van der Waals surface area contributed by atoms with Crippen LogP contribution in [0.5, 0.6) is 5.75 Å². The highest BCUT2D eigenvalue weighted by Gasteiger charge is 2.17. The summed E-state index contributed by atoms with van der Waals surface area (Å²) >= 11 is 0. The van der Waals surface area contributed by atoms with E-state index in [1.807, 2.05) is 19.1 Å². The molecule has 2 heteroatoms. The van der Waals surface area contributed by atoms with Gasteiger partial charge in [-0.2, -0.15) is 0 Å². The number of aromatic hydroxyl groups is 1. The maximum absolute atomic E-state index is 9.57. The Balaban J connectivity index is 2.28. The summed E-state index contributed by atoms with van der Waals surface area (Å²) in [6, 6.07) is 7.44. The Kier molecular flexibility index (Phi) is 6.90. The van der Waals surface area contributed by atoms with Crippen molar-refractivity contribution >= 4 is 5.57 Å². The van der Waals surface area contributed by atoms with E-state index >= 15 is 0 Å². The van der Waals surface area contributed by atoms with Crippen LogP contribution in [0.3, 0.4) is 0 Å². The Morgan fingerprint density at radius 3 is 2.41 bits per heavy atom. The molecule has 1 aliphatic rings. The molecule has 0 saturated heterocycles. The molecule has 0 radical (unpaired) electrons. The number of phenolic OH excluding ortho intramolecular Hbond substituents is 1. The first-order valence-electron chi connectivity index (χ1n) is 9.56. The van der Waals surface area contributed by atoms with Crippen molar-refractivity contribution in [3.63, 3.8) is 0 Å². The van der Waals surface area contributed by atoms with Crippen LogP contribution in [0.4, 0.5) is 0 Å². The minimum Gasteiger partial charge on any atom is -0.508 e. The zero-order valence-electron chi connectivity index (χ0n) is 17.5. The predicted molar refractivity (Wildman–Crippen MR) is 115 cm³/mol.